The van der Waals surface area contributed by atoms with Gasteiger partial charge in [-0.1, -0.05) is 12.8 Å². The molecule has 0 radical (unpaired) electrons. The van der Waals surface area contributed by atoms with Crippen LogP contribution >= 0.6 is 0 Å². The van der Waals surface area contributed by atoms with E-state index in [9.17, 15) is 9.59 Å². The zero-order valence-electron chi connectivity index (χ0n) is 7.95. The Morgan fingerprint density at radius 1 is 0.929 bits per heavy atom. The van der Waals surface area contributed by atoms with Crippen molar-refractivity contribution in [3.8, 4) is 0 Å². The van der Waals surface area contributed by atoms with Gasteiger partial charge in [0.1, 0.15) is 0 Å². The minimum absolute atomic E-state index is 0.0891. The van der Waals surface area contributed by atoms with Crippen LogP contribution in [0.2, 0.25) is 0 Å². The second kappa shape index (κ2) is 4.69. The summed E-state index contributed by atoms with van der Waals surface area (Å²) in [4.78, 5) is 21.3. The lowest BCUT2D eigenvalue weighted by Gasteiger charge is -2.31. The van der Waals surface area contributed by atoms with Crippen molar-refractivity contribution < 1.29 is 9.59 Å². The van der Waals surface area contributed by atoms with Crippen LogP contribution in [-0.4, -0.2) is 24.1 Å². The van der Waals surface area contributed by atoms with Gasteiger partial charge < -0.3 is 22.1 Å². The van der Waals surface area contributed by atoms with Crippen molar-refractivity contribution in [3.63, 3.8) is 0 Å². The van der Waals surface area contributed by atoms with E-state index in [1.807, 2.05) is 0 Å². The molecule has 6 heteroatoms. The highest BCUT2D eigenvalue weighted by Crippen LogP contribution is 2.18. The molecule has 14 heavy (non-hydrogen) atoms. The topological polar surface area (TPSA) is 110 Å². The van der Waals surface area contributed by atoms with Crippen LogP contribution in [0.1, 0.15) is 25.7 Å². The van der Waals surface area contributed by atoms with E-state index < -0.39 is 12.1 Å². The van der Waals surface area contributed by atoms with Crippen LogP contribution in [0.25, 0.3) is 0 Å². The molecule has 0 spiro atoms. The Hall–Kier alpha value is -1.46. The summed E-state index contributed by atoms with van der Waals surface area (Å²) < 4.78 is 0. The first-order valence-corrected chi connectivity index (χ1v) is 4.71. The summed E-state index contributed by atoms with van der Waals surface area (Å²) in [5, 5.41) is 5.21. The maximum atomic E-state index is 10.7. The molecule has 1 aliphatic rings. The summed E-state index contributed by atoms with van der Waals surface area (Å²) in [6.45, 7) is 0. The predicted octanol–water partition coefficient (Wildman–Crippen LogP) is -0.366. The minimum atomic E-state index is -0.562. The number of urea groups is 2. The fraction of sp³-hybridized carbons (Fsp3) is 0.750. The average Bonchev–Trinajstić information content (AvgIpc) is 2.06. The van der Waals surface area contributed by atoms with E-state index in [-0.39, 0.29) is 12.1 Å². The third-order valence-electron chi connectivity index (χ3n) is 2.42. The van der Waals surface area contributed by atoms with Gasteiger partial charge in [0.2, 0.25) is 0 Å². The van der Waals surface area contributed by atoms with Crippen molar-refractivity contribution in [2.24, 2.45) is 11.5 Å². The van der Waals surface area contributed by atoms with Crippen molar-refractivity contribution in [2.45, 2.75) is 37.8 Å². The van der Waals surface area contributed by atoms with Gasteiger partial charge in [-0.3, -0.25) is 0 Å². The second-order valence-corrected chi connectivity index (χ2v) is 3.51. The largest absolute Gasteiger partial charge is 0.352 e. The smallest absolute Gasteiger partial charge is 0.312 e. The third-order valence-corrected chi connectivity index (χ3v) is 2.42. The third kappa shape index (κ3) is 3.12. The van der Waals surface area contributed by atoms with Gasteiger partial charge >= 0.3 is 12.1 Å². The van der Waals surface area contributed by atoms with Gasteiger partial charge in [0, 0.05) is 0 Å². The van der Waals surface area contributed by atoms with Crippen LogP contribution in [0, 0.1) is 0 Å². The number of nitrogens with two attached hydrogens (primary N) is 2. The Bertz CT molecular complexity index is 207. The lowest BCUT2D eigenvalue weighted by Crippen LogP contribution is -2.55. The van der Waals surface area contributed by atoms with Crippen LogP contribution in [0.15, 0.2) is 0 Å². The lowest BCUT2D eigenvalue weighted by molar-refractivity contribution is 0.222. The predicted molar refractivity (Wildman–Crippen MR) is 51.5 cm³/mol. The van der Waals surface area contributed by atoms with E-state index in [0.717, 1.165) is 25.7 Å². The number of carbonyl (C=O) groups is 2. The number of nitrogens with one attached hydrogen (secondary N) is 2. The Morgan fingerprint density at radius 3 is 1.57 bits per heavy atom. The van der Waals surface area contributed by atoms with Gasteiger partial charge in [0.15, 0.2) is 0 Å². The van der Waals surface area contributed by atoms with E-state index in [1.54, 1.807) is 0 Å². The lowest BCUT2D eigenvalue weighted by atomic mass is 9.90. The maximum Gasteiger partial charge on any atom is 0.312 e. The van der Waals surface area contributed by atoms with Gasteiger partial charge in [0.25, 0.3) is 0 Å². The molecule has 0 heterocycles. The molecule has 0 aliphatic heterocycles. The molecule has 6 nitrogen and oxygen atoms in total. The van der Waals surface area contributed by atoms with Gasteiger partial charge in [-0.25, -0.2) is 9.59 Å². The van der Waals surface area contributed by atoms with Gasteiger partial charge in [-0.05, 0) is 12.8 Å². The molecule has 80 valence electrons. The molecule has 1 rings (SSSR count). The van der Waals surface area contributed by atoms with E-state index in [2.05, 4.69) is 10.6 Å². The number of amides is 4. The molecule has 0 saturated heterocycles. The summed E-state index contributed by atoms with van der Waals surface area (Å²) in [7, 11) is 0. The number of primary amides is 2. The molecule has 0 aromatic carbocycles. The molecule has 1 aliphatic carbocycles. The van der Waals surface area contributed by atoms with Crippen molar-refractivity contribution in [2.75, 3.05) is 0 Å². The first-order valence-electron chi connectivity index (χ1n) is 4.71. The zero-order valence-corrected chi connectivity index (χ0v) is 7.95. The summed E-state index contributed by atoms with van der Waals surface area (Å²) in [5.41, 5.74) is 10.0. The number of rotatable bonds is 2. The Kier molecular flexibility index (Phi) is 3.55. The number of carbonyl (C=O) groups excluding carboxylic acids is 2. The second-order valence-electron chi connectivity index (χ2n) is 3.51. The Labute approximate surface area is 82.4 Å². The first kappa shape index (κ1) is 10.6. The van der Waals surface area contributed by atoms with Crippen molar-refractivity contribution in [1.29, 1.82) is 0 Å². The van der Waals surface area contributed by atoms with Crippen molar-refractivity contribution >= 4 is 12.1 Å². The molecule has 0 unspecified atom stereocenters. The summed E-state index contributed by atoms with van der Waals surface area (Å²) in [5.74, 6) is 0. The molecule has 0 aromatic rings. The van der Waals surface area contributed by atoms with E-state index in [0.29, 0.717) is 0 Å². The van der Waals surface area contributed by atoms with E-state index in [4.69, 9.17) is 11.5 Å². The number of hydrogen-bond donors (Lipinski definition) is 4. The van der Waals surface area contributed by atoms with E-state index in [1.165, 1.54) is 0 Å². The average molecular weight is 200 g/mol. The van der Waals surface area contributed by atoms with Gasteiger partial charge in [-0.2, -0.15) is 0 Å². The minimum Gasteiger partial charge on any atom is -0.352 e. The molecule has 1 saturated carbocycles. The van der Waals surface area contributed by atoms with Crippen molar-refractivity contribution in [1.82, 2.24) is 10.6 Å². The van der Waals surface area contributed by atoms with Crippen molar-refractivity contribution in [3.05, 3.63) is 0 Å². The molecular weight excluding hydrogens is 184 g/mol. The monoisotopic (exact) mass is 200 g/mol. The zero-order chi connectivity index (χ0) is 10.6. The highest BCUT2D eigenvalue weighted by molar-refractivity contribution is 5.73. The fourth-order valence-electron chi connectivity index (χ4n) is 1.84. The highest BCUT2D eigenvalue weighted by Gasteiger charge is 2.26. The molecule has 4 amide bonds. The molecule has 2 atom stereocenters. The molecule has 1 fully saturated rings. The van der Waals surface area contributed by atoms with Crippen LogP contribution < -0.4 is 22.1 Å². The van der Waals surface area contributed by atoms with Gasteiger partial charge in [0.05, 0.1) is 12.1 Å². The SMILES string of the molecule is NC(=O)N[C@H]1CCCC[C@@H]1NC(N)=O. The Balaban J connectivity index is 2.49. The van der Waals surface area contributed by atoms with Crippen LogP contribution in [0.4, 0.5) is 9.59 Å². The summed E-state index contributed by atoms with van der Waals surface area (Å²) >= 11 is 0. The van der Waals surface area contributed by atoms with Crippen LogP contribution in [0.5, 0.6) is 0 Å². The normalized spacial score (nSPS) is 26.6. The Morgan fingerprint density at radius 2 is 1.29 bits per heavy atom. The standard InChI is InChI=1S/C8H16N4O2/c9-7(13)11-5-3-1-2-4-6(5)12-8(10)14/h5-6H,1-4H2,(H3,9,11,13)(H3,10,12,14)/t5-,6-/m0/s1. The van der Waals surface area contributed by atoms with Crippen LogP contribution in [-0.2, 0) is 0 Å². The molecule has 6 N–H and O–H groups in total. The summed E-state index contributed by atoms with van der Waals surface area (Å²) in [6.07, 6.45) is 3.71. The van der Waals surface area contributed by atoms with E-state index >= 15 is 0 Å². The number of hydrogen-bond acceptors (Lipinski definition) is 2. The maximum absolute atomic E-state index is 10.7. The van der Waals surface area contributed by atoms with Crippen LogP contribution in [0.3, 0.4) is 0 Å². The molecule has 0 aromatic heterocycles. The highest BCUT2D eigenvalue weighted by atomic mass is 16.2. The molecular formula is C8H16N4O2. The summed E-state index contributed by atoms with van der Waals surface area (Å²) in [6, 6.07) is -1.30. The quantitative estimate of drug-likeness (QED) is 0.488. The van der Waals surface area contributed by atoms with Gasteiger partial charge in [-0.15, -0.1) is 0 Å². The first-order chi connectivity index (χ1) is 6.59. The molecule has 0 bridgehead atoms. The fourth-order valence-corrected chi connectivity index (χ4v) is 1.84.